The summed E-state index contributed by atoms with van der Waals surface area (Å²) in [6, 6.07) is 28.5. The van der Waals surface area contributed by atoms with Gasteiger partial charge in [0.1, 0.15) is 0 Å². The van der Waals surface area contributed by atoms with Crippen LogP contribution < -0.4 is 0 Å². The van der Waals surface area contributed by atoms with Gasteiger partial charge < -0.3 is 0 Å². The molecular weight excluding hydrogens is 683 g/mol. The Morgan fingerprint density at radius 2 is 1.02 bits per heavy atom. The standard InChI is InChI=1S/C40H40.2CH3.Hf/c1-25(2)24-40(7,34-20-30-10-8-12-36(38(30)22-34)32-16-26(3)14-27(4)17-32)35-21-31-11-9-13-37(39(31)23-35)33-18-28(5)15-29(6)19-33;;;/h8-23,25H,24H2,1-7H3;2*1H3;. The van der Waals surface area contributed by atoms with E-state index in [0.717, 1.165) is 0 Å². The number of aryl methyl sites for hydroxylation is 4. The van der Waals surface area contributed by atoms with Crippen LogP contribution in [0, 0.1) is 39.0 Å². The molecular formula is C42H46Hf. The first-order valence-electron chi connectivity index (χ1n) is 16.3. The van der Waals surface area contributed by atoms with Gasteiger partial charge in [0.2, 0.25) is 0 Å². The van der Waals surface area contributed by atoms with Crippen LogP contribution in [0.4, 0.5) is 0 Å². The van der Waals surface area contributed by atoms with Gasteiger partial charge in [-0.25, -0.2) is 0 Å². The third kappa shape index (κ3) is 4.48. The summed E-state index contributed by atoms with van der Waals surface area (Å²) in [4.78, 5) is 0. The zero-order valence-electron chi connectivity index (χ0n) is 27.5. The van der Waals surface area contributed by atoms with Crippen LogP contribution in [0.3, 0.4) is 0 Å². The summed E-state index contributed by atoms with van der Waals surface area (Å²) in [5.41, 5.74) is 20.7. The van der Waals surface area contributed by atoms with E-state index in [4.69, 9.17) is 0 Å². The molecule has 0 amide bonds. The molecule has 2 aliphatic carbocycles. The molecule has 0 nitrogen and oxygen atoms in total. The van der Waals surface area contributed by atoms with Gasteiger partial charge in [0.25, 0.3) is 0 Å². The normalized spacial score (nSPS) is 22.9. The second kappa shape index (κ2) is 10.1. The maximum atomic E-state index is 2.77. The fourth-order valence-electron chi connectivity index (χ4n) is 9.51. The zero-order chi connectivity index (χ0) is 30.4. The summed E-state index contributed by atoms with van der Waals surface area (Å²) in [7, 11) is 0. The minimum atomic E-state index is -3.09. The van der Waals surface area contributed by atoms with E-state index >= 15 is 0 Å². The molecule has 43 heavy (non-hydrogen) atoms. The molecule has 0 radical (unpaired) electrons. The van der Waals surface area contributed by atoms with Crippen LogP contribution in [0.15, 0.2) is 83.9 Å². The van der Waals surface area contributed by atoms with Crippen LogP contribution >= 0.6 is 0 Å². The van der Waals surface area contributed by atoms with Gasteiger partial charge >= 0.3 is 266 Å². The first kappa shape index (κ1) is 29.0. The Morgan fingerprint density at radius 3 is 1.40 bits per heavy atom. The van der Waals surface area contributed by atoms with Crippen LogP contribution in [0.2, 0.25) is 9.36 Å². The summed E-state index contributed by atoms with van der Waals surface area (Å²) in [5, 5.41) is 0. The van der Waals surface area contributed by atoms with Crippen molar-refractivity contribution in [1.29, 1.82) is 0 Å². The van der Waals surface area contributed by atoms with E-state index < -0.39 is 20.0 Å². The Bertz CT molecular complexity index is 1690. The van der Waals surface area contributed by atoms with Crippen LogP contribution in [0.1, 0.15) is 79.0 Å². The van der Waals surface area contributed by atoms with E-state index in [-0.39, 0.29) is 5.41 Å². The molecule has 2 unspecified atom stereocenters. The molecule has 3 aliphatic rings. The number of hydrogen-bond acceptors (Lipinski definition) is 0. The quantitative estimate of drug-likeness (QED) is 0.184. The molecule has 7 rings (SSSR count). The Kier molecular flexibility index (Phi) is 6.83. The summed E-state index contributed by atoms with van der Waals surface area (Å²) in [6.45, 7) is 16.4. The summed E-state index contributed by atoms with van der Waals surface area (Å²) < 4.78 is 6.76. The van der Waals surface area contributed by atoms with Gasteiger partial charge in [0, 0.05) is 0 Å². The van der Waals surface area contributed by atoms with Crippen molar-refractivity contribution in [2.24, 2.45) is 11.3 Å². The Hall–Kier alpha value is -2.77. The van der Waals surface area contributed by atoms with Crippen LogP contribution in [-0.4, -0.2) is 0 Å². The third-order valence-corrected chi connectivity index (χ3v) is 25.9. The third-order valence-electron chi connectivity index (χ3n) is 10.8. The predicted octanol–water partition coefficient (Wildman–Crippen LogP) is 12.1. The number of fused-ring (bicyclic) bond motifs is 6. The summed E-state index contributed by atoms with van der Waals surface area (Å²) in [6.07, 6.45) is 6.56. The number of allylic oxidation sites excluding steroid dienone is 2. The molecule has 1 fully saturated rings. The molecule has 1 saturated heterocycles. The fraction of sp³-hybridized carbons (Fsp3) is 0.333. The molecule has 1 aliphatic heterocycles. The molecule has 0 saturated carbocycles. The van der Waals surface area contributed by atoms with E-state index in [1.165, 1.54) is 62.1 Å². The van der Waals surface area contributed by atoms with Gasteiger partial charge in [0.15, 0.2) is 0 Å². The minimum absolute atomic E-state index is 0.0522. The van der Waals surface area contributed by atoms with E-state index in [9.17, 15) is 0 Å². The van der Waals surface area contributed by atoms with Gasteiger partial charge in [-0.15, -0.1) is 0 Å². The van der Waals surface area contributed by atoms with Gasteiger partial charge in [-0.2, -0.15) is 0 Å². The Labute approximate surface area is 264 Å². The average Bonchev–Trinajstić information content (AvgIpc) is 3.52. The molecule has 4 aromatic carbocycles. The molecule has 2 atom stereocenters. The van der Waals surface area contributed by atoms with Crippen molar-refractivity contribution >= 4 is 12.2 Å². The van der Waals surface area contributed by atoms with Crippen molar-refractivity contribution in [3.8, 4) is 22.3 Å². The van der Waals surface area contributed by atoms with Crippen LogP contribution in [0.25, 0.3) is 34.4 Å². The molecule has 0 aromatic heterocycles. The molecule has 1 heteroatoms. The van der Waals surface area contributed by atoms with Crippen molar-refractivity contribution < 1.29 is 20.0 Å². The predicted molar refractivity (Wildman–Crippen MR) is 183 cm³/mol. The molecule has 1 heterocycles. The first-order valence-corrected chi connectivity index (χ1v) is 27.6. The molecule has 0 bridgehead atoms. The van der Waals surface area contributed by atoms with Gasteiger partial charge in [-0.05, 0) is 0 Å². The summed E-state index contributed by atoms with van der Waals surface area (Å²) >= 11 is -3.09. The SMILES string of the molecule is Cc1cc(C)cc(-c2cccc3c2C=C2[CH]3[Hf]([CH3])([CH3])[CH]3C(=Cc4c(-c5cc(C)cc(C)c5)cccc43)C2(C)CC(C)C)c1. The van der Waals surface area contributed by atoms with E-state index in [0.29, 0.717) is 13.3 Å². The number of benzene rings is 4. The van der Waals surface area contributed by atoms with Crippen LogP contribution in [0.5, 0.6) is 0 Å². The average molecular weight is 729 g/mol. The molecule has 0 N–H and O–H groups in total. The summed E-state index contributed by atoms with van der Waals surface area (Å²) in [5.74, 6) is 0.621. The van der Waals surface area contributed by atoms with Crippen molar-refractivity contribution in [2.45, 2.75) is 71.6 Å². The monoisotopic (exact) mass is 730 g/mol. The molecule has 4 aromatic rings. The fourth-order valence-corrected chi connectivity index (χ4v) is 26.9. The van der Waals surface area contributed by atoms with Gasteiger partial charge in [-0.3, -0.25) is 0 Å². The second-order valence-electron chi connectivity index (χ2n) is 15.2. The van der Waals surface area contributed by atoms with E-state index in [1.54, 1.807) is 22.3 Å². The Morgan fingerprint density at radius 1 is 0.628 bits per heavy atom. The van der Waals surface area contributed by atoms with Crippen molar-refractivity contribution in [1.82, 2.24) is 0 Å². The number of rotatable bonds is 4. The van der Waals surface area contributed by atoms with Crippen molar-refractivity contribution in [3.63, 3.8) is 0 Å². The number of hydrogen-bond donors (Lipinski definition) is 0. The van der Waals surface area contributed by atoms with Crippen molar-refractivity contribution in [3.05, 3.63) is 128 Å². The van der Waals surface area contributed by atoms with Crippen LogP contribution in [-0.2, 0) is 20.0 Å². The second-order valence-corrected chi connectivity index (χ2v) is 32.4. The zero-order valence-corrected chi connectivity index (χ0v) is 31.1. The molecule has 218 valence electrons. The van der Waals surface area contributed by atoms with E-state index in [2.05, 4.69) is 143 Å². The molecule has 0 spiro atoms. The van der Waals surface area contributed by atoms with Gasteiger partial charge in [0.05, 0.1) is 0 Å². The van der Waals surface area contributed by atoms with Crippen molar-refractivity contribution in [2.75, 3.05) is 0 Å². The Balaban J connectivity index is 1.47. The van der Waals surface area contributed by atoms with E-state index in [1.807, 2.05) is 0 Å². The maximum absolute atomic E-state index is 3.09. The topological polar surface area (TPSA) is 0 Å². The van der Waals surface area contributed by atoms with Gasteiger partial charge in [-0.1, -0.05) is 0 Å². The first-order chi connectivity index (χ1) is 20.4.